The number of aliphatic hydroxyl groups excluding tert-OH is 1. The maximum atomic E-state index is 10.2. The fourth-order valence-electron chi connectivity index (χ4n) is 1.97. The summed E-state index contributed by atoms with van der Waals surface area (Å²) in [6.07, 6.45) is 3.16. The van der Waals surface area contributed by atoms with Gasteiger partial charge in [-0.3, -0.25) is 0 Å². The van der Waals surface area contributed by atoms with Crippen molar-refractivity contribution in [3.05, 3.63) is 59.0 Å². The molecule has 1 aromatic carbocycles. The summed E-state index contributed by atoms with van der Waals surface area (Å²) in [5.74, 6) is 0.633. The second-order valence-corrected chi connectivity index (χ2v) is 4.36. The third kappa shape index (κ3) is 2.59. The lowest BCUT2D eigenvalue weighted by Gasteiger charge is -2.10. The minimum atomic E-state index is -0.666. The minimum absolute atomic E-state index is 0.633. The molecule has 0 bridgehead atoms. The highest BCUT2D eigenvalue weighted by Gasteiger charge is 2.15. The zero-order valence-electron chi connectivity index (χ0n) is 10.3. The van der Waals surface area contributed by atoms with Crippen LogP contribution in [0.4, 0.5) is 0 Å². The quantitative estimate of drug-likeness (QED) is 0.870. The van der Waals surface area contributed by atoms with Crippen molar-refractivity contribution in [1.29, 1.82) is 0 Å². The molecule has 17 heavy (non-hydrogen) atoms. The molecule has 0 fully saturated rings. The van der Waals surface area contributed by atoms with Crippen LogP contribution < -0.4 is 0 Å². The van der Waals surface area contributed by atoms with E-state index in [1.807, 2.05) is 25.1 Å². The third-order valence-corrected chi connectivity index (χ3v) is 2.98. The summed E-state index contributed by atoms with van der Waals surface area (Å²) in [5, 5.41) is 10.2. The molecule has 2 heteroatoms. The SMILES string of the molecule is CCCc1ccc(C(O)c2occc2C)cc1. The molecular weight excluding hydrogens is 212 g/mol. The van der Waals surface area contributed by atoms with Gasteiger partial charge in [0.15, 0.2) is 0 Å². The van der Waals surface area contributed by atoms with Gasteiger partial charge >= 0.3 is 0 Å². The topological polar surface area (TPSA) is 33.4 Å². The van der Waals surface area contributed by atoms with Crippen LogP contribution in [-0.4, -0.2) is 5.11 Å². The summed E-state index contributed by atoms with van der Waals surface area (Å²) >= 11 is 0. The maximum Gasteiger partial charge on any atom is 0.139 e. The van der Waals surface area contributed by atoms with E-state index in [0.29, 0.717) is 5.76 Å². The molecule has 2 nitrogen and oxygen atoms in total. The molecule has 0 spiro atoms. The molecule has 0 amide bonds. The van der Waals surface area contributed by atoms with E-state index in [4.69, 9.17) is 4.42 Å². The molecule has 0 aliphatic heterocycles. The van der Waals surface area contributed by atoms with Crippen LogP contribution in [0.5, 0.6) is 0 Å². The van der Waals surface area contributed by atoms with E-state index in [1.54, 1.807) is 6.26 Å². The lowest BCUT2D eigenvalue weighted by molar-refractivity contribution is 0.188. The zero-order chi connectivity index (χ0) is 12.3. The minimum Gasteiger partial charge on any atom is -0.466 e. The van der Waals surface area contributed by atoms with Gasteiger partial charge in [0.1, 0.15) is 11.9 Å². The number of hydrogen-bond acceptors (Lipinski definition) is 2. The first-order chi connectivity index (χ1) is 8.22. The van der Waals surface area contributed by atoms with Crippen molar-refractivity contribution in [3.8, 4) is 0 Å². The molecule has 2 aromatic rings. The highest BCUT2D eigenvalue weighted by atomic mass is 16.4. The first-order valence-corrected chi connectivity index (χ1v) is 6.03. The highest BCUT2D eigenvalue weighted by Crippen LogP contribution is 2.25. The average Bonchev–Trinajstić information content (AvgIpc) is 2.76. The zero-order valence-corrected chi connectivity index (χ0v) is 10.3. The number of benzene rings is 1. The lowest BCUT2D eigenvalue weighted by atomic mass is 10.0. The molecule has 1 atom stereocenters. The van der Waals surface area contributed by atoms with Gasteiger partial charge in [-0.15, -0.1) is 0 Å². The molecule has 1 heterocycles. The van der Waals surface area contributed by atoms with Crippen LogP contribution in [0.3, 0.4) is 0 Å². The smallest absolute Gasteiger partial charge is 0.139 e. The van der Waals surface area contributed by atoms with Crippen molar-refractivity contribution in [3.63, 3.8) is 0 Å². The van der Waals surface area contributed by atoms with Gasteiger partial charge in [-0.05, 0) is 36.1 Å². The first kappa shape index (κ1) is 11.9. The molecule has 0 aliphatic rings. The van der Waals surface area contributed by atoms with E-state index in [-0.39, 0.29) is 0 Å². The number of rotatable bonds is 4. The summed E-state index contributed by atoms with van der Waals surface area (Å²) < 4.78 is 5.31. The largest absolute Gasteiger partial charge is 0.466 e. The van der Waals surface area contributed by atoms with Crippen LogP contribution in [0.1, 0.15) is 41.9 Å². The molecular formula is C15H18O2. The van der Waals surface area contributed by atoms with Gasteiger partial charge in [0.2, 0.25) is 0 Å². The van der Waals surface area contributed by atoms with Crippen LogP contribution in [0, 0.1) is 6.92 Å². The van der Waals surface area contributed by atoms with Crippen LogP contribution in [-0.2, 0) is 6.42 Å². The molecule has 90 valence electrons. The highest BCUT2D eigenvalue weighted by molar-refractivity contribution is 5.31. The first-order valence-electron chi connectivity index (χ1n) is 6.03. The molecule has 1 N–H and O–H groups in total. The van der Waals surface area contributed by atoms with Gasteiger partial charge in [-0.1, -0.05) is 37.6 Å². The van der Waals surface area contributed by atoms with Crippen molar-refractivity contribution in [1.82, 2.24) is 0 Å². The molecule has 1 unspecified atom stereocenters. The Kier molecular flexibility index (Phi) is 3.64. The van der Waals surface area contributed by atoms with Crippen molar-refractivity contribution >= 4 is 0 Å². The number of furan rings is 1. The normalized spacial score (nSPS) is 12.6. The standard InChI is InChI=1S/C15H18O2/c1-3-4-12-5-7-13(8-6-12)14(16)15-11(2)9-10-17-15/h5-10,14,16H,3-4H2,1-2H3. The van der Waals surface area contributed by atoms with E-state index >= 15 is 0 Å². The van der Waals surface area contributed by atoms with Crippen molar-refractivity contribution in [2.24, 2.45) is 0 Å². The monoisotopic (exact) mass is 230 g/mol. The van der Waals surface area contributed by atoms with E-state index in [0.717, 1.165) is 24.0 Å². The van der Waals surface area contributed by atoms with Gasteiger partial charge in [0, 0.05) is 0 Å². The van der Waals surface area contributed by atoms with Gasteiger partial charge < -0.3 is 9.52 Å². The van der Waals surface area contributed by atoms with E-state index in [9.17, 15) is 5.11 Å². The molecule has 1 aromatic heterocycles. The summed E-state index contributed by atoms with van der Waals surface area (Å²) in [6, 6.07) is 9.94. The Hall–Kier alpha value is -1.54. The number of aryl methyl sites for hydroxylation is 2. The maximum absolute atomic E-state index is 10.2. The molecule has 0 saturated carbocycles. The predicted octanol–water partition coefficient (Wildman–Crippen LogP) is 3.62. The second-order valence-electron chi connectivity index (χ2n) is 4.36. The number of hydrogen-bond donors (Lipinski definition) is 1. The van der Waals surface area contributed by atoms with Crippen LogP contribution >= 0.6 is 0 Å². The Bertz CT molecular complexity index is 468. The van der Waals surface area contributed by atoms with Gasteiger partial charge in [-0.2, -0.15) is 0 Å². The summed E-state index contributed by atoms with van der Waals surface area (Å²) in [6.45, 7) is 4.10. The fraction of sp³-hybridized carbons (Fsp3) is 0.333. The molecule has 0 aliphatic carbocycles. The van der Waals surface area contributed by atoms with Gasteiger partial charge in [0.25, 0.3) is 0 Å². The van der Waals surface area contributed by atoms with Gasteiger partial charge in [-0.25, -0.2) is 0 Å². The molecule has 0 saturated heterocycles. The van der Waals surface area contributed by atoms with Gasteiger partial charge in [0.05, 0.1) is 6.26 Å². The number of aliphatic hydroxyl groups is 1. The second kappa shape index (κ2) is 5.19. The van der Waals surface area contributed by atoms with E-state index < -0.39 is 6.10 Å². The molecule has 2 rings (SSSR count). The summed E-state index contributed by atoms with van der Waals surface area (Å²) in [4.78, 5) is 0. The van der Waals surface area contributed by atoms with E-state index in [1.165, 1.54) is 5.56 Å². The Morgan fingerprint density at radius 1 is 1.18 bits per heavy atom. The lowest BCUT2D eigenvalue weighted by Crippen LogP contribution is -2.00. The average molecular weight is 230 g/mol. The third-order valence-electron chi connectivity index (χ3n) is 2.98. The Morgan fingerprint density at radius 3 is 2.41 bits per heavy atom. The van der Waals surface area contributed by atoms with Crippen molar-refractivity contribution in [2.45, 2.75) is 32.8 Å². The fourth-order valence-corrected chi connectivity index (χ4v) is 1.97. The molecule has 0 radical (unpaired) electrons. The van der Waals surface area contributed by atoms with E-state index in [2.05, 4.69) is 19.1 Å². The predicted molar refractivity (Wildman–Crippen MR) is 67.9 cm³/mol. The Balaban J connectivity index is 2.20. The summed E-state index contributed by atoms with van der Waals surface area (Å²) in [7, 11) is 0. The van der Waals surface area contributed by atoms with Crippen molar-refractivity contribution < 1.29 is 9.52 Å². The van der Waals surface area contributed by atoms with Crippen LogP contribution in [0.15, 0.2) is 41.0 Å². The summed E-state index contributed by atoms with van der Waals surface area (Å²) in [5.41, 5.74) is 3.16. The van der Waals surface area contributed by atoms with Crippen LogP contribution in [0.25, 0.3) is 0 Å². The van der Waals surface area contributed by atoms with Crippen LogP contribution in [0.2, 0.25) is 0 Å². The Morgan fingerprint density at radius 2 is 1.88 bits per heavy atom. The Labute approximate surface area is 102 Å². The van der Waals surface area contributed by atoms with Crippen molar-refractivity contribution in [2.75, 3.05) is 0 Å².